The van der Waals surface area contributed by atoms with E-state index < -0.39 is 0 Å². The van der Waals surface area contributed by atoms with Crippen molar-refractivity contribution in [3.63, 3.8) is 0 Å². The fourth-order valence-corrected chi connectivity index (χ4v) is 2.50. The molecule has 4 nitrogen and oxygen atoms in total. The fourth-order valence-electron chi connectivity index (χ4n) is 2.50. The van der Waals surface area contributed by atoms with Gasteiger partial charge in [0.05, 0.1) is 13.2 Å². The molecule has 25 heavy (non-hydrogen) atoms. The molecule has 0 bridgehead atoms. The lowest BCUT2D eigenvalue weighted by Crippen LogP contribution is -2.09. The van der Waals surface area contributed by atoms with E-state index in [0.717, 1.165) is 24.8 Å². The van der Waals surface area contributed by atoms with Crippen LogP contribution in [0, 0.1) is 0 Å². The van der Waals surface area contributed by atoms with Gasteiger partial charge in [-0.25, -0.2) is 0 Å². The van der Waals surface area contributed by atoms with Crippen LogP contribution in [0.1, 0.15) is 70.3 Å². The minimum atomic E-state index is -0.194. The van der Waals surface area contributed by atoms with Gasteiger partial charge in [-0.1, -0.05) is 62.9 Å². The molecule has 140 valence electrons. The number of unbranched alkanes of at least 4 members (excludes halogenated alkanes) is 5. The minimum Gasteiger partial charge on any atom is -0.466 e. The lowest BCUT2D eigenvalue weighted by Gasteiger charge is -2.06. The summed E-state index contributed by atoms with van der Waals surface area (Å²) in [6.45, 7) is 3.10. The topological polar surface area (TPSA) is 52.6 Å². The van der Waals surface area contributed by atoms with Gasteiger partial charge >= 0.3 is 11.9 Å². The van der Waals surface area contributed by atoms with E-state index in [1.165, 1.54) is 19.3 Å². The lowest BCUT2D eigenvalue weighted by atomic mass is 10.1. The Morgan fingerprint density at radius 2 is 1.36 bits per heavy atom. The SMILES string of the molecule is CCCCCCCOC(=O)CCCCC(=O)OCCc1ccccc1. The van der Waals surface area contributed by atoms with Crippen LogP contribution < -0.4 is 0 Å². The van der Waals surface area contributed by atoms with Gasteiger partial charge in [-0.15, -0.1) is 0 Å². The van der Waals surface area contributed by atoms with Gasteiger partial charge in [-0.05, 0) is 24.8 Å². The third-order valence-corrected chi connectivity index (χ3v) is 4.02. The number of hydrogen-bond donors (Lipinski definition) is 0. The van der Waals surface area contributed by atoms with Crippen LogP contribution in [0.4, 0.5) is 0 Å². The smallest absolute Gasteiger partial charge is 0.305 e. The van der Waals surface area contributed by atoms with E-state index in [1.807, 2.05) is 30.3 Å². The van der Waals surface area contributed by atoms with Gasteiger partial charge in [-0.3, -0.25) is 9.59 Å². The number of rotatable bonds is 14. The van der Waals surface area contributed by atoms with Crippen molar-refractivity contribution < 1.29 is 19.1 Å². The van der Waals surface area contributed by atoms with Crippen LogP contribution in [0.15, 0.2) is 30.3 Å². The molecule has 1 rings (SSSR count). The molecule has 0 amide bonds. The molecule has 4 heteroatoms. The first-order valence-corrected chi connectivity index (χ1v) is 9.57. The molecule has 0 saturated carbocycles. The molecule has 0 saturated heterocycles. The predicted octanol–water partition coefficient (Wildman–Crippen LogP) is 4.85. The largest absolute Gasteiger partial charge is 0.466 e. The normalized spacial score (nSPS) is 10.4. The molecular weight excluding hydrogens is 316 g/mol. The molecule has 1 aromatic carbocycles. The van der Waals surface area contributed by atoms with E-state index in [2.05, 4.69) is 6.92 Å². The first-order valence-electron chi connectivity index (χ1n) is 9.57. The standard InChI is InChI=1S/C21H32O4/c1-2-3-4-5-11-17-24-20(22)14-9-10-15-21(23)25-18-16-19-12-7-6-8-13-19/h6-8,12-13H,2-5,9-11,14-18H2,1H3. The second kappa shape index (κ2) is 14.5. The van der Waals surface area contributed by atoms with Gasteiger partial charge in [-0.2, -0.15) is 0 Å². The Morgan fingerprint density at radius 3 is 2.00 bits per heavy atom. The maximum Gasteiger partial charge on any atom is 0.305 e. The Hall–Kier alpha value is -1.84. The highest BCUT2D eigenvalue weighted by Crippen LogP contribution is 2.06. The summed E-state index contributed by atoms with van der Waals surface area (Å²) in [5.41, 5.74) is 1.16. The summed E-state index contributed by atoms with van der Waals surface area (Å²) in [5.74, 6) is -0.354. The number of carbonyl (C=O) groups is 2. The Bertz CT molecular complexity index is 470. The molecule has 0 spiro atoms. The third kappa shape index (κ3) is 12.2. The van der Waals surface area contributed by atoms with E-state index in [4.69, 9.17) is 9.47 Å². The Labute approximate surface area is 151 Å². The zero-order valence-electron chi connectivity index (χ0n) is 15.5. The first kappa shape index (κ1) is 21.2. The van der Waals surface area contributed by atoms with Crippen molar-refractivity contribution >= 4 is 11.9 Å². The van der Waals surface area contributed by atoms with Crippen LogP contribution in [0.2, 0.25) is 0 Å². The second-order valence-corrected chi connectivity index (χ2v) is 6.30. The molecule has 0 atom stereocenters. The Balaban J connectivity index is 1.92. The Kier molecular flexibility index (Phi) is 12.3. The van der Waals surface area contributed by atoms with Crippen molar-refractivity contribution in [2.24, 2.45) is 0 Å². The van der Waals surface area contributed by atoms with Crippen LogP contribution in [0.5, 0.6) is 0 Å². The van der Waals surface area contributed by atoms with Crippen LogP contribution in [-0.2, 0) is 25.5 Å². The van der Waals surface area contributed by atoms with Gasteiger partial charge in [0.25, 0.3) is 0 Å². The van der Waals surface area contributed by atoms with Crippen LogP contribution in [0.25, 0.3) is 0 Å². The molecule has 0 fully saturated rings. The molecule has 0 aromatic heterocycles. The van der Waals surface area contributed by atoms with Crippen molar-refractivity contribution in [3.8, 4) is 0 Å². The van der Waals surface area contributed by atoms with Crippen molar-refractivity contribution in [3.05, 3.63) is 35.9 Å². The monoisotopic (exact) mass is 348 g/mol. The molecule has 0 unspecified atom stereocenters. The van der Waals surface area contributed by atoms with Crippen molar-refractivity contribution in [1.29, 1.82) is 0 Å². The van der Waals surface area contributed by atoms with Gasteiger partial charge < -0.3 is 9.47 Å². The van der Waals surface area contributed by atoms with Gasteiger partial charge in [0.1, 0.15) is 0 Å². The van der Waals surface area contributed by atoms with E-state index >= 15 is 0 Å². The number of hydrogen-bond acceptors (Lipinski definition) is 4. The van der Waals surface area contributed by atoms with Crippen molar-refractivity contribution in [2.45, 2.75) is 71.1 Å². The van der Waals surface area contributed by atoms with Crippen LogP contribution in [0.3, 0.4) is 0 Å². The van der Waals surface area contributed by atoms with Crippen LogP contribution in [-0.4, -0.2) is 25.2 Å². The van der Waals surface area contributed by atoms with E-state index in [0.29, 0.717) is 38.9 Å². The highest BCUT2D eigenvalue weighted by Gasteiger charge is 2.06. The maximum atomic E-state index is 11.6. The zero-order valence-corrected chi connectivity index (χ0v) is 15.5. The van der Waals surface area contributed by atoms with Crippen LogP contribution >= 0.6 is 0 Å². The Morgan fingerprint density at radius 1 is 0.760 bits per heavy atom. The summed E-state index contributed by atoms with van der Waals surface area (Å²) in [5, 5.41) is 0. The zero-order chi connectivity index (χ0) is 18.2. The molecule has 0 aliphatic rings. The highest BCUT2D eigenvalue weighted by atomic mass is 16.5. The van der Waals surface area contributed by atoms with Gasteiger partial charge in [0.2, 0.25) is 0 Å². The summed E-state index contributed by atoms with van der Waals surface area (Å²) >= 11 is 0. The van der Waals surface area contributed by atoms with Gasteiger partial charge in [0, 0.05) is 19.3 Å². The minimum absolute atomic E-state index is 0.159. The maximum absolute atomic E-state index is 11.6. The summed E-state index contributed by atoms with van der Waals surface area (Å²) in [6, 6.07) is 9.95. The molecule has 1 aromatic rings. The third-order valence-electron chi connectivity index (χ3n) is 4.02. The van der Waals surface area contributed by atoms with Gasteiger partial charge in [0.15, 0.2) is 0 Å². The molecule has 0 aliphatic heterocycles. The molecule has 0 aliphatic carbocycles. The second-order valence-electron chi connectivity index (χ2n) is 6.30. The number of carbonyl (C=O) groups excluding carboxylic acids is 2. The number of esters is 2. The fraction of sp³-hybridized carbons (Fsp3) is 0.619. The summed E-state index contributed by atoms with van der Waals surface area (Å²) in [7, 11) is 0. The summed E-state index contributed by atoms with van der Waals surface area (Å²) < 4.78 is 10.4. The van der Waals surface area contributed by atoms with E-state index in [1.54, 1.807) is 0 Å². The average molecular weight is 348 g/mol. The number of ether oxygens (including phenoxy) is 2. The highest BCUT2D eigenvalue weighted by molar-refractivity contribution is 5.70. The van der Waals surface area contributed by atoms with Crippen molar-refractivity contribution in [2.75, 3.05) is 13.2 Å². The molecule has 0 N–H and O–H groups in total. The molecule has 0 heterocycles. The molecule has 0 radical (unpaired) electrons. The van der Waals surface area contributed by atoms with E-state index in [-0.39, 0.29) is 11.9 Å². The summed E-state index contributed by atoms with van der Waals surface area (Å²) in [6.07, 6.45) is 8.54. The molecular formula is C21H32O4. The average Bonchev–Trinajstić information content (AvgIpc) is 2.62. The quantitative estimate of drug-likeness (QED) is 0.356. The van der Waals surface area contributed by atoms with E-state index in [9.17, 15) is 9.59 Å². The predicted molar refractivity (Wildman–Crippen MR) is 99.3 cm³/mol. The lowest BCUT2D eigenvalue weighted by molar-refractivity contribution is -0.146. The first-order chi connectivity index (χ1) is 12.2. The summed E-state index contributed by atoms with van der Waals surface area (Å²) in [4.78, 5) is 23.2. The number of benzene rings is 1. The van der Waals surface area contributed by atoms with Crippen molar-refractivity contribution in [1.82, 2.24) is 0 Å².